The Morgan fingerprint density at radius 3 is 2.93 bits per heavy atom. The van der Waals surface area contributed by atoms with Crippen molar-refractivity contribution >= 4 is 5.91 Å². The molecule has 2 aliphatic rings. The van der Waals surface area contributed by atoms with Crippen molar-refractivity contribution in [1.82, 2.24) is 19.7 Å². The van der Waals surface area contributed by atoms with E-state index in [-0.39, 0.29) is 5.92 Å². The summed E-state index contributed by atoms with van der Waals surface area (Å²) >= 11 is 0. The number of hydrogen-bond acceptors (Lipinski definition) is 5. The van der Waals surface area contributed by atoms with Crippen molar-refractivity contribution in [3.63, 3.8) is 0 Å². The average molecular weight is 372 g/mol. The van der Waals surface area contributed by atoms with E-state index >= 15 is 0 Å². The Balaban J connectivity index is 1.58. The molecule has 3 heterocycles. The average Bonchev–Trinajstić information content (AvgIpc) is 3.36. The lowest BCUT2D eigenvalue weighted by molar-refractivity contribution is -0.137. The van der Waals surface area contributed by atoms with Crippen LogP contribution in [0.3, 0.4) is 0 Å². The third-order valence-corrected chi connectivity index (χ3v) is 5.73. The third-order valence-electron chi connectivity index (χ3n) is 5.73. The summed E-state index contributed by atoms with van der Waals surface area (Å²) in [4.78, 5) is 19.3. The molecule has 4 rings (SSSR count). The van der Waals surface area contributed by atoms with Gasteiger partial charge >= 0.3 is 0 Å². The zero-order chi connectivity index (χ0) is 18.6. The molecule has 0 saturated heterocycles. The molecule has 0 N–H and O–H groups in total. The quantitative estimate of drug-likeness (QED) is 0.729. The molecule has 1 aliphatic heterocycles. The van der Waals surface area contributed by atoms with Gasteiger partial charge in [0, 0.05) is 43.3 Å². The minimum atomic E-state index is 0.198. The van der Waals surface area contributed by atoms with Crippen LogP contribution < -0.4 is 0 Å². The van der Waals surface area contributed by atoms with Crippen molar-refractivity contribution in [3.8, 4) is 11.4 Å². The number of carbonyl (C=O) groups is 1. The van der Waals surface area contributed by atoms with E-state index in [0.29, 0.717) is 32.2 Å². The molecular weight excluding hydrogens is 344 g/mol. The van der Waals surface area contributed by atoms with Gasteiger partial charge in [0.15, 0.2) is 6.39 Å². The first-order valence-electron chi connectivity index (χ1n) is 10.1. The van der Waals surface area contributed by atoms with E-state index in [1.54, 1.807) is 6.26 Å². The summed E-state index contributed by atoms with van der Waals surface area (Å²) in [6, 6.07) is 0. The van der Waals surface area contributed by atoms with E-state index in [9.17, 15) is 4.79 Å². The van der Waals surface area contributed by atoms with Crippen molar-refractivity contribution in [2.24, 2.45) is 5.92 Å². The largest absolute Gasteiger partial charge is 0.451 e. The molecule has 2 aromatic heterocycles. The van der Waals surface area contributed by atoms with Crippen molar-refractivity contribution in [3.05, 3.63) is 23.9 Å². The summed E-state index contributed by atoms with van der Waals surface area (Å²) in [7, 11) is 0. The predicted molar refractivity (Wildman–Crippen MR) is 99.9 cm³/mol. The highest BCUT2D eigenvalue weighted by Gasteiger charge is 2.32. The molecule has 1 saturated carbocycles. The topological polar surface area (TPSA) is 73.4 Å². The highest BCUT2D eigenvalue weighted by molar-refractivity contribution is 5.79. The van der Waals surface area contributed by atoms with Gasteiger partial charge in [-0.15, -0.1) is 0 Å². The second-order valence-corrected chi connectivity index (χ2v) is 7.41. The Morgan fingerprint density at radius 1 is 1.33 bits per heavy atom. The number of aromatic nitrogens is 3. The lowest BCUT2D eigenvalue weighted by Gasteiger charge is -2.32. The number of carbonyl (C=O) groups excluding carboxylic acids is 1. The first-order chi connectivity index (χ1) is 13.3. The molecule has 1 fully saturated rings. The summed E-state index contributed by atoms with van der Waals surface area (Å²) in [6.07, 6.45) is 9.55. The van der Waals surface area contributed by atoms with Gasteiger partial charge in [0.05, 0.1) is 13.2 Å². The number of hydrogen-bond donors (Lipinski definition) is 0. The van der Waals surface area contributed by atoms with E-state index in [1.807, 2.05) is 16.5 Å². The zero-order valence-corrected chi connectivity index (χ0v) is 16.0. The Hall–Kier alpha value is -2.15. The number of oxazole rings is 1. The van der Waals surface area contributed by atoms with Gasteiger partial charge in [-0.2, -0.15) is 5.10 Å². The Morgan fingerprint density at radius 2 is 2.19 bits per heavy atom. The normalized spacial score (nSPS) is 17.9. The lowest BCUT2D eigenvalue weighted by Crippen LogP contribution is -2.40. The van der Waals surface area contributed by atoms with E-state index in [4.69, 9.17) is 14.3 Å². The molecule has 0 aromatic carbocycles. The molecular formula is C20H28N4O3. The second kappa shape index (κ2) is 8.25. The maximum absolute atomic E-state index is 13.0. The van der Waals surface area contributed by atoms with Crippen LogP contribution in [0.4, 0.5) is 0 Å². The van der Waals surface area contributed by atoms with E-state index < -0.39 is 0 Å². The van der Waals surface area contributed by atoms with Gasteiger partial charge in [-0.25, -0.2) is 4.98 Å². The zero-order valence-electron chi connectivity index (χ0n) is 16.0. The highest BCUT2D eigenvalue weighted by atomic mass is 16.5. The number of amides is 1. The Labute approximate surface area is 159 Å². The fourth-order valence-electron chi connectivity index (χ4n) is 4.30. The minimum absolute atomic E-state index is 0.198. The summed E-state index contributed by atoms with van der Waals surface area (Å²) in [5, 5.41) is 4.79. The summed E-state index contributed by atoms with van der Waals surface area (Å²) in [5.74, 6) is 0.511. The van der Waals surface area contributed by atoms with Crippen LogP contribution in [0.25, 0.3) is 11.4 Å². The summed E-state index contributed by atoms with van der Waals surface area (Å²) in [6.45, 7) is 5.41. The standard InChI is InChI=1S/C20H28N4O3/c1-2-26-11-10-24-18-8-9-23(20(25)15-6-4-3-5-7-15)12-16(18)19(22-24)17-13-27-14-21-17/h13-15H,2-12H2,1H3. The molecule has 0 radical (unpaired) electrons. The van der Waals surface area contributed by atoms with Crippen LogP contribution in [0.1, 0.15) is 50.3 Å². The van der Waals surface area contributed by atoms with Gasteiger partial charge < -0.3 is 14.1 Å². The van der Waals surface area contributed by atoms with Crippen LogP contribution >= 0.6 is 0 Å². The minimum Gasteiger partial charge on any atom is -0.451 e. The maximum atomic E-state index is 13.0. The number of rotatable bonds is 6. The fourth-order valence-corrected chi connectivity index (χ4v) is 4.30. The van der Waals surface area contributed by atoms with Crippen molar-refractivity contribution in [2.45, 2.75) is 58.5 Å². The maximum Gasteiger partial charge on any atom is 0.225 e. The third kappa shape index (κ3) is 3.78. The molecule has 146 valence electrons. The second-order valence-electron chi connectivity index (χ2n) is 7.41. The smallest absolute Gasteiger partial charge is 0.225 e. The van der Waals surface area contributed by atoms with Crippen LogP contribution in [0.5, 0.6) is 0 Å². The number of fused-ring (bicyclic) bond motifs is 1. The van der Waals surface area contributed by atoms with Crippen molar-refractivity contribution < 1.29 is 13.9 Å². The Bertz CT molecular complexity index is 763. The van der Waals surface area contributed by atoms with Gasteiger partial charge in [-0.3, -0.25) is 9.48 Å². The first kappa shape index (κ1) is 18.2. The molecule has 0 atom stereocenters. The van der Waals surface area contributed by atoms with E-state index in [0.717, 1.165) is 42.8 Å². The van der Waals surface area contributed by atoms with Crippen LogP contribution in [0.15, 0.2) is 17.1 Å². The van der Waals surface area contributed by atoms with Gasteiger partial charge in [-0.05, 0) is 19.8 Å². The van der Waals surface area contributed by atoms with E-state index in [2.05, 4.69) is 4.98 Å². The van der Waals surface area contributed by atoms with Crippen LogP contribution in [-0.2, 0) is 29.0 Å². The number of nitrogens with zero attached hydrogens (tertiary/aromatic N) is 4. The monoisotopic (exact) mass is 372 g/mol. The van der Waals surface area contributed by atoms with Crippen LogP contribution in [-0.4, -0.2) is 45.3 Å². The van der Waals surface area contributed by atoms with Crippen LogP contribution in [0, 0.1) is 5.92 Å². The SMILES string of the molecule is CCOCCn1nc(-c2cocn2)c2c1CCN(C(=O)C1CCCCC1)C2. The highest BCUT2D eigenvalue weighted by Crippen LogP contribution is 2.32. The fraction of sp³-hybridized carbons (Fsp3) is 0.650. The molecule has 1 aliphatic carbocycles. The lowest BCUT2D eigenvalue weighted by atomic mass is 9.87. The van der Waals surface area contributed by atoms with E-state index in [1.165, 1.54) is 31.4 Å². The first-order valence-corrected chi connectivity index (χ1v) is 10.1. The van der Waals surface area contributed by atoms with Crippen molar-refractivity contribution in [1.29, 1.82) is 0 Å². The van der Waals surface area contributed by atoms with Gasteiger partial charge in [0.25, 0.3) is 0 Å². The molecule has 0 unspecified atom stereocenters. The predicted octanol–water partition coefficient (Wildman–Crippen LogP) is 3.04. The molecule has 0 bridgehead atoms. The Kier molecular flexibility index (Phi) is 5.57. The number of ether oxygens (including phenoxy) is 1. The molecule has 7 nitrogen and oxygen atoms in total. The molecule has 2 aromatic rings. The summed E-state index contributed by atoms with van der Waals surface area (Å²) in [5.41, 5.74) is 3.86. The molecule has 1 amide bonds. The summed E-state index contributed by atoms with van der Waals surface area (Å²) < 4.78 is 12.7. The van der Waals surface area contributed by atoms with Crippen LogP contribution in [0.2, 0.25) is 0 Å². The van der Waals surface area contributed by atoms with Gasteiger partial charge in [0.2, 0.25) is 5.91 Å². The van der Waals surface area contributed by atoms with Gasteiger partial charge in [0.1, 0.15) is 17.7 Å². The van der Waals surface area contributed by atoms with Crippen molar-refractivity contribution in [2.75, 3.05) is 19.8 Å². The van der Waals surface area contributed by atoms with Gasteiger partial charge in [-0.1, -0.05) is 19.3 Å². The molecule has 27 heavy (non-hydrogen) atoms. The molecule has 7 heteroatoms. The molecule has 0 spiro atoms.